The van der Waals surface area contributed by atoms with Crippen molar-refractivity contribution in [3.8, 4) is 5.75 Å². The fourth-order valence-electron chi connectivity index (χ4n) is 1.26. The minimum Gasteiger partial charge on any atom is -0.496 e. The summed E-state index contributed by atoms with van der Waals surface area (Å²) < 4.78 is 9.59. The molecule has 0 amide bonds. The minimum absolute atomic E-state index is 0.221. The largest absolute Gasteiger partial charge is 0.496 e. The number of carbonyl (C=O) groups is 1. The van der Waals surface area contributed by atoms with E-state index in [1.807, 2.05) is 0 Å². The van der Waals surface area contributed by atoms with Crippen LogP contribution < -0.4 is 4.74 Å². The molecule has 0 unspecified atom stereocenters. The number of benzene rings is 1. The molecule has 1 aromatic carbocycles. The van der Waals surface area contributed by atoms with Crippen LogP contribution in [0.15, 0.2) is 22.9 Å². The monoisotopic (exact) mass is 301 g/mol. The molecule has 0 saturated heterocycles. The highest BCUT2D eigenvalue weighted by Crippen LogP contribution is 2.32. The maximum absolute atomic E-state index is 11.4. The molecule has 0 atom stereocenters. The molecule has 0 saturated carbocycles. The molecule has 0 heterocycles. The number of esters is 1. The number of carbonyl (C=O) groups excluding carboxylic acids is 1. The van der Waals surface area contributed by atoms with E-state index in [0.717, 1.165) is 0 Å². The van der Waals surface area contributed by atoms with E-state index in [1.165, 1.54) is 32.4 Å². The number of ether oxygens (including phenoxy) is 2. The molecule has 0 bridgehead atoms. The fourth-order valence-corrected chi connectivity index (χ4v) is 1.59. The first-order valence-electron chi connectivity index (χ1n) is 4.91. The summed E-state index contributed by atoms with van der Waals surface area (Å²) in [5.41, 5.74) is 8.63. The van der Waals surface area contributed by atoms with E-state index in [4.69, 9.17) is 33.5 Å². The Morgan fingerprint density at radius 3 is 2.53 bits per heavy atom. The Hall–Kier alpha value is -1.88. The predicted octanol–water partition coefficient (Wildman–Crippen LogP) is 3.83. The van der Waals surface area contributed by atoms with Crippen LogP contribution >= 0.6 is 23.2 Å². The lowest BCUT2D eigenvalue weighted by atomic mass is 10.1. The van der Waals surface area contributed by atoms with E-state index in [1.54, 1.807) is 0 Å². The van der Waals surface area contributed by atoms with Crippen LogP contribution in [0.5, 0.6) is 5.75 Å². The Morgan fingerprint density at radius 1 is 1.37 bits per heavy atom. The van der Waals surface area contributed by atoms with E-state index >= 15 is 0 Å². The van der Waals surface area contributed by atoms with Gasteiger partial charge in [0.25, 0.3) is 0 Å². The Bertz CT molecular complexity index is 581. The van der Waals surface area contributed by atoms with Gasteiger partial charge in [0.1, 0.15) is 11.4 Å². The van der Waals surface area contributed by atoms with Gasteiger partial charge in [-0.15, -0.1) is 0 Å². The van der Waals surface area contributed by atoms with Gasteiger partial charge < -0.3 is 9.47 Å². The maximum Gasteiger partial charge on any atom is 0.340 e. The summed E-state index contributed by atoms with van der Waals surface area (Å²) >= 11 is 11.7. The van der Waals surface area contributed by atoms with Crippen molar-refractivity contribution in [3.05, 3.63) is 43.9 Å². The lowest BCUT2D eigenvalue weighted by molar-refractivity contribution is -0.136. The number of nitrogens with zero attached hydrogens (tertiary/aromatic N) is 3. The first-order chi connectivity index (χ1) is 9.03. The standard InChI is InChI=1S/C11H9Cl2N3O3/c1-18-10-5-8(13)7(12)3-6(10)4-9(15-16-14)11(17)19-2/h3-5H,1-2H3. The molecule has 1 aromatic rings. The van der Waals surface area contributed by atoms with Gasteiger partial charge in [0, 0.05) is 16.5 Å². The molecule has 100 valence electrons. The van der Waals surface area contributed by atoms with Crippen LogP contribution in [0.2, 0.25) is 10.0 Å². The summed E-state index contributed by atoms with van der Waals surface area (Å²) in [6, 6.07) is 2.97. The molecular formula is C11H9Cl2N3O3. The third kappa shape index (κ3) is 3.79. The lowest BCUT2D eigenvalue weighted by Crippen LogP contribution is -2.02. The molecule has 1 rings (SSSR count). The van der Waals surface area contributed by atoms with Gasteiger partial charge in [-0.25, -0.2) is 4.79 Å². The summed E-state index contributed by atoms with van der Waals surface area (Å²) in [6.07, 6.45) is 1.30. The molecule has 6 nitrogen and oxygen atoms in total. The summed E-state index contributed by atoms with van der Waals surface area (Å²) in [5, 5.41) is 3.83. The molecule has 0 aliphatic rings. The predicted molar refractivity (Wildman–Crippen MR) is 72.2 cm³/mol. The van der Waals surface area contributed by atoms with Crippen LogP contribution in [-0.2, 0) is 9.53 Å². The van der Waals surface area contributed by atoms with E-state index in [-0.39, 0.29) is 10.7 Å². The SMILES string of the molecule is COC(=O)C(=Cc1cc(Cl)c(Cl)cc1OC)N=[N+]=[N-]. The smallest absolute Gasteiger partial charge is 0.340 e. The fraction of sp³-hybridized carbons (Fsp3) is 0.182. The molecule has 0 fully saturated rings. The normalized spacial score (nSPS) is 10.6. The van der Waals surface area contributed by atoms with Crippen molar-refractivity contribution >= 4 is 35.2 Å². The van der Waals surface area contributed by atoms with Gasteiger partial charge in [-0.05, 0) is 17.7 Å². The average molecular weight is 302 g/mol. The highest BCUT2D eigenvalue weighted by Gasteiger charge is 2.11. The second kappa shape index (κ2) is 6.89. The molecule has 0 aliphatic heterocycles. The molecular weight excluding hydrogens is 293 g/mol. The first-order valence-corrected chi connectivity index (χ1v) is 5.67. The Balaban J connectivity index is 3.38. The summed E-state index contributed by atoms with van der Waals surface area (Å²) in [4.78, 5) is 14.0. The number of azide groups is 1. The van der Waals surface area contributed by atoms with Crippen LogP contribution in [0.3, 0.4) is 0 Å². The van der Waals surface area contributed by atoms with Crippen LogP contribution in [0.4, 0.5) is 0 Å². The van der Waals surface area contributed by atoms with E-state index in [9.17, 15) is 4.79 Å². The van der Waals surface area contributed by atoms with Gasteiger partial charge in [-0.3, -0.25) is 0 Å². The van der Waals surface area contributed by atoms with Crippen molar-refractivity contribution in [2.45, 2.75) is 0 Å². The van der Waals surface area contributed by atoms with E-state index in [0.29, 0.717) is 16.3 Å². The van der Waals surface area contributed by atoms with Crippen molar-refractivity contribution in [2.75, 3.05) is 14.2 Å². The Kier molecular flexibility index (Phi) is 5.51. The Morgan fingerprint density at radius 2 is 2.00 bits per heavy atom. The topological polar surface area (TPSA) is 84.3 Å². The Labute approximate surface area is 119 Å². The van der Waals surface area contributed by atoms with Gasteiger partial charge in [0.2, 0.25) is 0 Å². The van der Waals surface area contributed by atoms with Crippen molar-refractivity contribution in [3.63, 3.8) is 0 Å². The summed E-state index contributed by atoms with van der Waals surface area (Å²) in [6.45, 7) is 0. The molecule has 0 N–H and O–H groups in total. The van der Waals surface area contributed by atoms with Gasteiger partial charge in [-0.1, -0.05) is 28.3 Å². The lowest BCUT2D eigenvalue weighted by Gasteiger charge is -2.07. The first kappa shape index (κ1) is 15.2. The highest BCUT2D eigenvalue weighted by atomic mass is 35.5. The van der Waals surface area contributed by atoms with Crippen molar-refractivity contribution in [2.24, 2.45) is 5.11 Å². The van der Waals surface area contributed by atoms with Crippen molar-refractivity contribution in [1.29, 1.82) is 0 Å². The summed E-state index contributed by atoms with van der Waals surface area (Å²) in [7, 11) is 2.61. The molecule has 0 spiro atoms. The number of rotatable bonds is 4. The second-order valence-electron chi connectivity index (χ2n) is 3.22. The van der Waals surface area contributed by atoms with Crippen LogP contribution in [-0.4, -0.2) is 20.2 Å². The molecule has 8 heteroatoms. The number of hydrogen-bond acceptors (Lipinski definition) is 4. The van der Waals surface area contributed by atoms with Crippen molar-refractivity contribution in [1.82, 2.24) is 0 Å². The molecule has 0 aromatic heterocycles. The van der Waals surface area contributed by atoms with Gasteiger partial charge in [0.15, 0.2) is 0 Å². The second-order valence-corrected chi connectivity index (χ2v) is 4.03. The maximum atomic E-state index is 11.4. The number of methoxy groups -OCH3 is 2. The average Bonchev–Trinajstić information content (AvgIpc) is 2.41. The van der Waals surface area contributed by atoms with Gasteiger partial charge >= 0.3 is 5.97 Å². The number of hydrogen-bond donors (Lipinski definition) is 0. The zero-order chi connectivity index (χ0) is 14.4. The van der Waals surface area contributed by atoms with Crippen LogP contribution in [0, 0.1) is 0 Å². The molecule has 0 radical (unpaired) electrons. The highest BCUT2D eigenvalue weighted by molar-refractivity contribution is 6.42. The minimum atomic E-state index is -0.772. The third-order valence-electron chi connectivity index (χ3n) is 2.11. The molecule has 0 aliphatic carbocycles. The van der Waals surface area contributed by atoms with Crippen LogP contribution in [0.25, 0.3) is 16.5 Å². The zero-order valence-electron chi connectivity index (χ0n) is 10.1. The quantitative estimate of drug-likeness (QED) is 0.278. The van der Waals surface area contributed by atoms with E-state index < -0.39 is 5.97 Å². The van der Waals surface area contributed by atoms with Gasteiger partial charge in [0.05, 0.1) is 24.3 Å². The zero-order valence-corrected chi connectivity index (χ0v) is 11.6. The molecule has 19 heavy (non-hydrogen) atoms. The number of halogens is 2. The van der Waals surface area contributed by atoms with Gasteiger partial charge in [-0.2, -0.15) is 0 Å². The van der Waals surface area contributed by atoms with Crippen LogP contribution in [0.1, 0.15) is 5.56 Å². The third-order valence-corrected chi connectivity index (χ3v) is 2.83. The summed E-state index contributed by atoms with van der Waals surface area (Å²) in [5.74, 6) is -0.394. The van der Waals surface area contributed by atoms with Crippen molar-refractivity contribution < 1.29 is 14.3 Å². The van der Waals surface area contributed by atoms with E-state index in [2.05, 4.69) is 14.8 Å².